The molecule has 3 aromatic rings. The molecule has 0 amide bonds. The largest absolute Gasteiger partial charge is 0.507 e. The van der Waals surface area contributed by atoms with Crippen LogP contribution >= 0.6 is 22.9 Å². The lowest BCUT2D eigenvalue weighted by atomic mass is 9.89. The highest BCUT2D eigenvalue weighted by molar-refractivity contribution is 7.12. The molecule has 31 heavy (non-hydrogen) atoms. The SMILES string of the molecule is Cc1ccc(C(c2c(O)cc(C(Cc3ccc(Cl)cc3)CC3CC3)oc2=O)C2CC2)s1. The summed E-state index contributed by atoms with van der Waals surface area (Å²) < 4.78 is 5.93. The summed E-state index contributed by atoms with van der Waals surface area (Å²) >= 11 is 7.74. The summed E-state index contributed by atoms with van der Waals surface area (Å²) in [7, 11) is 0. The van der Waals surface area contributed by atoms with Crippen LogP contribution in [0.15, 0.2) is 51.7 Å². The highest BCUT2D eigenvalue weighted by Gasteiger charge is 2.38. The number of aromatic hydroxyl groups is 1. The number of halogens is 1. The van der Waals surface area contributed by atoms with Crippen molar-refractivity contribution in [2.24, 2.45) is 11.8 Å². The zero-order valence-electron chi connectivity index (χ0n) is 17.6. The van der Waals surface area contributed by atoms with Crippen molar-refractivity contribution in [2.75, 3.05) is 0 Å². The van der Waals surface area contributed by atoms with E-state index >= 15 is 0 Å². The molecule has 5 rings (SSSR count). The average molecular weight is 455 g/mol. The standard InChI is InChI=1S/C26H27ClO3S/c1-15-2-11-23(31-15)24(18-7-8-18)25-21(28)14-22(30-26(25)29)19(12-16-3-4-16)13-17-5-9-20(27)10-6-17/h2,5-6,9-11,14,16,18-19,24,28H,3-4,7-8,12-13H2,1H3. The molecule has 2 aromatic heterocycles. The van der Waals surface area contributed by atoms with E-state index in [0.29, 0.717) is 28.2 Å². The maximum Gasteiger partial charge on any atom is 0.343 e. The van der Waals surface area contributed by atoms with Gasteiger partial charge in [0.05, 0.1) is 5.56 Å². The first-order valence-corrected chi connectivity index (χ1v) is 12.3. The van der Waals surface area contributed by atoms with Gasteiger partial charge in [-0.1, -0.05) is 36.6 Å². The Balaban J connectivity index is 1.48. The predicted molar refractivity (Wildman–Crippen MR) is 126 cm³/mol. The Hall–Kier alpha value is -2.04. The summed E-state index contributed by atoms with van der Waals surface area (Å²) in [6.07, 6.45) is 6.37. The van der Waals surface area contributed by atoms with Gasteiger partial charge < -0.3 is 9.52 Å². The van der Waals surface area contributed by atoms with E-state index in [2.05, 4.69) is 19.1 Å². The van der Waals surface area contributed by atoms with Crippen molar-refractivity contribution in [3.05, 3.63) is 84.5 Å². The number of benzene rings is 1. The Kier molecular flexibility index (Phi) is 5.70. The van der Waals surface area contributed by atoms with Crippen molar-refractivity contribution in [3.8, 4) is 5.75 Å². The molecule has 2 unspecified atom stereocenters. The van der Waals surface area contributed by atoms with Gasteiger partial charge >= 0.3 is 5.63 Å². The topological polar surface area (TPSA) is 50.4 Å². The molecule has 2 aliphatic rings. The third-order valence-electron chi connectivity index (χ3n) is 6.57. The third kappa shape index (κ3) is 4.75. The fourth-order valence-corrected chi connectivity index (χ4v) is 5.82. The molecule has 0 spiro atoms. The van der Waals surface area contributed by atoms with E-state index in [1.165, 1.54) is 17.7 Å². The van der Waals surface area contributed by atoms with Gasteiger partial charge in [0.2, 0.25) is 0 Å². The van der Waals surface area contributed by atoms with Gasteiger partial charge in [-0.25, -0.2) is 4.79 Å². The van der Waals surface area contributed by atoms with Gasteiger partial charge in [0.1, 0.15) is 11.5 Å². The van der Waals surface area contributed by atoms with Crippen LogP contribution in [-0.2, 0) is 6.42 Å². The summed E-state index contributed by atoms with van der Waals surface area (Å²) in [5.74, 6) is 1.79. The van der Waals surface area contributed by atoms with Gasteiger partial charge in [0.25, 0.3) is 0 Å². The van der Waals surface area contributed by atoms with E-state index in [4.69, 9.17) is 16.0 Å². The van der Waals surface area contributed by atoms with Gasteiger partial charge in [0.15, 0.2) is 0 Å². The molecule has 0 aliphatic heterocycles. The second kappa shape index (κ2) is 8.48. The smallest absolute Gasteiger partial charge is 0.343 e. The lowest BCUT2D eigenvalue weighted by Gasteiger charge is -2.19. The molecule has 2 atom stereocenters. The zero-order valence-corrected chi connectivity index (χ0v) is 19.2. The van der Waals surface area contributed by atoms with Crippen LogP contribution in [0.5, 0.6) is 5.75 Å². The van der Waals surface area contributed by atoms with Crippen LogP contribution in [0.25, 0.3) is 0 Å². The molecule has 2 aliphatic carbocycles. The minimum absolute atomic E-state index is 0.0675. The molecule has 2 heterocycles. The van der Waals surface area contributed by atoms with Crippen LogP contribution < -0.4 is 5.63 Å². The van der Waals surface area contributed by atoms with Crippen LogP contribution in [0.2, 0.25) is 5.02 Å². The molecule has 2 fully saturated rings. The molecule has 1 aromatic carbocycles. The molecule has 3 nitrogen and oxygen atoms in total. The van der Waals surface area contributed by atoms with Crippen LogP contribution in [0.3, 0.4) is 0 Å². The summed E-state index contributed by atoms with van der Waals surface area (Å²) in [4.78, 5) is 15.5. The highest BCUT2D eigenvalue weighted by Crippen LogP contribution is 2.49. The molecular weight excluding hydrogens is 428 g/mol. The Morgan fingerprint density at radius 1 is 1.13 bits per heavy atom. The fraction of sp³-hybridized carbons (Fsp3) is 0.423. The van der Waals surface area contributed by atoms with Crippen LogP contribution in [-0.4, -0.2) is 5.11 Å². The molecule has 2 saturated carbocycles. The van der Waals surface area contributed by atoms with Crippen LogP contribution in [0, 0.1) is 18.8 Å². The summed E-state index contributed by atoms with van der Waals surface area (Å²) in [6, 6.07) is 13.7. The first-order valence-electron chi connectivity index (χ1n) is 11.2. The van der Waals surface area contributed by atoms with E-state index in [1.54, 1.807) is 17.4 Å². The Morgan fingerprint density at radius 2 is 1.87 bits per heavy atom. The molecule has 5 heteroatoms. The summed E-state index contributed by atoms with van der Waals surface area (Å²) in [6.45, 7) is 2.07. The molecule has 162 valence electrons. The monoisotopic (exact) mass is 454 g/mol. The second-order valence-corrected chi connectivity index (χ2v) is 11.0. The second-order valence-electron chi connectivity index (χ2n) is 9.21. The van der Waals surface area contributed by atoms with Gasteiger partial charge in [-0.2, -0.15) is 0 Å². The van der Waals surface area contributed by atoms with Crippen molar-refractivity contribution in [3.63, 3.8) is 0 Å². The van der Waals surface area contributed by atoms with Crippen molar-refractivity contribution in [2.45, 2.75) is 57.3 Å². The lowest BCUT2D eigenvalue weighted by Crippen LogP contribution is -2.17. The number of hydrogen-bond donors (Lipinski definition) is 1. The van der Waals surface area contributed by atoms with Gasteiger partial charge in [-0.05, 0) is 74.3 Å². The first kappa shape index (κ1) is 20.8. The Bertz CT molecular complexity index is 1120. The number of thiophene rings is 1. The molecule has 0 radical (unpaired) electrons. The van der Waals surface area contributed by atoms with Crippen molar-refractivity contribution in [1.29, 1.82) is 0 Å². The lowest BCUT2D eigenvalue weighted by molar-refractivity contribution is 0.371. The molecular formula is C26H27ClO3S. The van der Waals surface area contributed by atoms with E-state index in [0.717, 1.165) is 36.1 Å². The maximum atomic E-state index is 13.2. The summed E-state index contributed by atoms with van der Waals surface area (Å²) in [5, 5.41) is 11.7. The Morgan fingerprint density at radius 3 is 2.45 bits per heavy atom. The van der Waals surface area contributed by atoms with Gasteiger partial charge in [-0.3, -0.25) is 0 Å². The number of aryl methyl sites for hydroxylation is 1. The van der Waals surface area contributed by atoms with E-state index in [-0.39, 0.29) is 23.2 Å². The first-order chi connectivity index (χ1) is 15.0. The van der Waals surface area contributed by atoms with Crippen molar-refractivity contribution < 1.29 is 9.52 Å². The molecule has 1 N–H and O–H groups in total. The predicted octanol–water partition coefficient (Wildman–Crippen LogP) is 7.04. The van der Waals surface area contributed by atoms with E-state index < -0.39 is 0 Å². The third-order valence-corrected chi connectivity index (χ3v) is 7.91. The number of rotatable bonds is 8. The highest BCUT2D eigenvalue weighted by atomic mass is 35.5. The Labute approximate surface area is 191 Å². The number of hydrogen-bond acceptors (Lipinski definition) is 4. The van der Waals surface area contributed by atoms with Crippen molar-refractivity contribution >= 4 is 22.9 Å². The molecule has 0 saturated heterocycles. The van der Waals surface area contributed by atoms with Gasteiger partial charge in [-0.15, -0.1) is 11.3 Å². The minimum Gasteiger partial charge on any atom is -0.507 e. The fourth-order valence-electron chi connectivity index (χ4n) is 4.62. The van der Waals surface area contributed by atoms with Gasteiger partial charge in [0, 0.05) is 32.7 Å². The normalized spacial score (nSPS) is 18.1. The van der Waals surface area contributed by atoms with Crippen LogP contribution in [0.1, 0.15) is 70.6 Å². The zero-order chi connectivity index (χ0) is 21.5. The average Bonchev–Trinajstić information content (AvgIpc) is 3.66. The van der Waals surface area contributed by atoms with Crippen LogP contribution in [0.4, 0.5) is 0 Å². The quantitative estimate of drug-likeness (QED) is 0.397. The minimum atomic E-state index is -0.380. The van der Waals surface area contributed by atoms with E-state index in [9.17, 15) is 9.90 Å². The molecule has 0 bridgehead atoms. The van der Waals surface area contributed by atoms with E-state index in [1.807, 2.05) is 24.3 Å². The summed E-state index contributed by atoms with van der Waals surface area (Å²) in [5.41, 5.74) is 1.21. The van der Waals surface area contributed by atoms with Crippen molar-refractivity contribution in [1.82, 2.24) is 0 Å². The maximum absolute atomic E-state index is 13.2.